The molecule has 0 aliphatic heterocycles. The summed E-state index contributed by atoms with van der Waals surface area (Å²) in [7, 11) is 0. The van der Waals surface area contributed by atoms with Crippen LogP contribution in [0.1, 0.15) is 28.7 Å². The molecule has 1 heterocycles. The van der Waals surface area contributed by atoms with Gasteiger partial charge in [0.1, 0.15) is 11.5 Å². The first-order valence-electron chi connectivity index (χ1n) is 4.76. The third-order valence-electron chi connectivity index (χ3n) is 2.14. The van der Waals surface area contributed by atoms with Crippen molar-refractivity contribution in [1.29, 1.82) is 0 Å². The van der Waals surface area contributed by atoms with Gasteiger partial charge in [-0.15, -0.1) is 0 Å². The van der Waals surface area contributed by atoms with E-state index in [9.17, 15) is 4.79 Å². The first-order valence-corrected chi connectivity index (χ1v) is 4.76. The summed E-state index contributed by atoms with van der Waals surface area (Å²) in [6.45, 7) is 1.48. The highest BCUT2D eigenvalue weighted by Gasteiger charge is 2.07. The van der Waals surface area contributed by atoms with Crippen LogP contribution in [-0.4, -0.2) is 10.9 Å². The maximum atomic E-state index is 11.0. The van der Waals surface area contributed by atoms with Gasteiger partial charge in [0.05, 0.1) is 0 Å². The van der Waals surface area contributed by atoms with Gasteiger partial charge in [-0.2, -0.15) is 0 Å². The van der Waals surface area contributed by atoms with Crippen molar-refractivity contribution in [2.75, 3.05) is 0 Å². The molecule has 3 nitrogen and oxygen atoms in total. The number of carbonyl (C=O) groups is 1. The van der Waals surface area contributed by atoms with Gasteiger partial charge < -0.3 is 4.52 Å². The average Bonchev–Trinajstić information content (AvgIpc) is 2.68. The van der Waals surface area contributed by atoms with Gasteiger partial charge in [0.25, 0.3) is 0 Å². The first-order chi connectivity index (χ1) is 7.25. The van der Waals surface area contributed by atoms with Crippen LogP contribution in [0.25, 0.3) is 0 Å². The second-order valence-corrected chi connectivity index (χ2v) is 3.40. The fraction of sp³-hybridized carbons (Fsp3) is 0.167. The minimum atomic E-state index is -0.0712. The van der Waals surface area contributed by atoms with Crippen molar-refractivity contribution < 1.29 is 9.32 Å². The third kappa shape index (κ3) is 2.31. The molecule has 0 unspecified atom stereocenters. The van der Waals surface area contributed by atoms with Gasteiger partial charge in [-0.3, -0.25) is 4.79 Å². The number of aromatic nitrogens is 1. The molecular formula is C12H11NO2. The molecule has 0 saturated carbocycles. The molecule has 0 atom stereocenters. The van der Waals surface area contributed by atoms with Gasteiger partial charge in [0, 0.05) is 19.4 Å². The maximum absolute atomic E-state index is 11.0. The predicted molar refractivity (Wildman–Crippen MR) is 55.8 cm³/mol. The molecule has 0 saturated heterocycles. The SMILES string of the molecule is CC(=O)c1cc(Cc2ccccc2)on1. The Morgan fingerprint density at radius 2 is 2.07 bits per heavy atom. The van der Waals surface area contributed by atoms with Gasteiger partial charge in [0.15, 0.2) is 5.78 Å². The van der Waals surface area contributed by atoms with E-state index in [4.69, 9.17) is 4.52 Å². The Morgan fingerprint density at radius 1 is 1.33 bits per heavy atom. The number of hydrogen-bond donors (Lipinski definition) is 0. The molecule has 0 amide bonds. The molecule has 15 heavy (non-hydrogen) atoms. The summed E-state index contributed by atoms with van der Waals surface area (Å²) in [6.07, 6.45) is 0.668. The highest BCUT2D eigenvalue weighted by Crippen LogP contribution is 2.10. The number of ketones is 1. The molecule has 0 spiro atoms. The zero-order valence-corrected chi connectivity index (χ0v) is 8.43. The molecule has 0 aliphatic carbocycles. The van der Waals surface area contributed by atoms with Crippen LogP contribution in [0.2, 0.25) is 0 Å². The Labute approximate surface area is 87.7 Å². The summed E-state index contributed by atoms with van der Waals surface area (Å²) >= 11 is 0. The van der Waals surface area contributed by atoms with E-state index in [0.29, 0.717) is 17.9 Å². The zero-order chi connectivity index (χ0) is 10.7. The largest absolute Gasteiger partial charge is 0.360 e. The molecule has 2 aromatic rings. The fourth-order valence-corrected chi connectivity index (χ4v) is 1.36. The van der Waals surface area contributed by atoms with Gasteiger partial charge >= 0.3 is 0 Å². The third-order valence-corrected chi connectivity index (χ3v) is 2.14. The summed E-state index contributed by atoms with van der Waals surface area (Å²) in [5.74, 6) is 0.643. The van der Waals surface area contributed by atoms with E-state index in [0.717, 1.165) is 5.56 Å². The van der Waals surface area contributed by atoms with E-state index < -0.39 is 0 Å². The molecule has 0 N–H and O–H groups in total. The van der Waals surface area contributed by atoms with Crippen molar-refractivity contribution in [1.82, 2.24) is 5.16 Å². The Kier molecular flexibility index (Phi) is 2.63. The zero-order valence-electron chi connectivity index (χ0n) is 8.43. The van der Waals surface area contributed by atoms with Crippen molar-refractivity contribution in [3.8, 4) is 0 Å². The van der Waals surface area contributed by atoms with Crippen LogP contribution in [0, 0.1) is 0 Å². The smallest absolute Gasteiger partial charge is 0.181 e. The van der Waals surface area contributed by atoms with Crippen LogP contribution >= 0.6 is 0 Å². The monoisotopic (exact) mass is 201 g/mol. The van der Waals surface area contributed by atoms with Crippen LogP contribution in [0.5, 0.6) is 0 Å². The quantitative estimate of drug-likeness (QED) is 0.716. The number of nitrogens with zero attached hydrogens (tertiary/aromatic N) is 1. The van der Waals surface area contributed by atoms with Gasteiger partial charge in [0.2, 0.25) is 0 Å². The molecule has 1 aromatic carbocycles. The molecule has 1 aromatic heterocycles. The van der Waals surface area contributed by atoms with E-state index in [1.54, 1.807) is 6.07 Å². The molecule has 0 aliphatic rings. The Morgan fingerprint density at radius 3 is 2.67 bits per heavy atom. The lowest BCUT2D eigenvalue weighted by Gasteiger charge is -1.94. The van der Waals surface area contributed by atoms with Crippen LogP contribution in [0.3, 0.4) is 0 Å². The number of carbonyl (C=O) groups excluding carboxylic acids is 1. The van der Waals surface area contributed by atoms with E-state index in [2.05, 4.69) is 5.16 Å². The van der Waals surface area contributed by atoms with Crippen molar-refractivity contribution in [3.63, 3.8) is 0 Å². The van der Waals surface area contributed by atoms with E-state index in [1.807, 2.05) is 30.3 Å². The second kappa shape index (κ2) is 4.09. The summed E-state index contributed by atoms with van der Waals surface area (Å²) < 4.78 is 5.06. The summed E-state index contributed by atoms with van der Waals surface area (Å²) in [6, 6.07) is 11.6. The molecular weight excluding hydrogens is 190 g/mol. The highest BCUT2D eigenvalue weighted by molar-refractivity contribution is 5.91. The molecule has 0 bridgehead atoms. The average molecular weight is 201 g/mol. The normalized spacial score (nSPS) is 10.2. The Hall–Kier alpha value is -1.90. The predicted octanol–water partition coefficient (Wildman–Crippen LogP) is 2.47. The highest BCUT2D eigenvalue weighted by atomic mass is 16.5. The van der Waals surface area contributed by atoms with Crippen LogP contribution in [-0.2, 0) is 6.42 Å². The summed E-state index contributed by atoms with van der Waals surface area (Å²) in [5.41, 5.74) is 1.53. The minimum Gasteiger partial charge on any atom is -0.360 e. The standard InChI is InChI=1S/C12H11NO2/c1-9(14)12-8-11(15-13-12)7-10-5-3-2-4-6-10/h2-6,8H,7H2,1H3. The summed E-state index contributed by atoms with van der Waals surface area (Å²) in [5, 5.41) is 3.69. The van der Waals surface area contributed by atoms with Crippen molar-refractivity contribution in [2.24, 2.45) is 0 Å². The molecule has 3 heteroatoms. The van der Waals surface area contributed by atoms with Crippen LogP contribution in [0.4, 0.5) is 0 Å². The molecule has 0 fully saturated rings. The number of benzene rings is 1. The van der Waals surface area contributed by atoms with Gasteiger partial charge in [-0.25, -0.2) is 0 Å². The van der Waals surface area contributed by atoms with Crippen LogP contribution < -0.4 is 0 Å². The first kappa shape index (κ1) is 9.65. The van der Waals surface area contributed by atoms with E-state index in [1.165, 1.54) is 6.92 Å². The topological polar surface area (TPSA) is 43.1 Å². The fourth-order valence-electron chi connectivity index (χ4n) is 1.36. The summed E-state index contributed by atoms with van der Waals surface area (Å²) in [4.78, 5) is 11.0. The lowest BCUT2D eigenvalue weighted by molar-refractivity contribution is 0.100. The van der Waals surface area contributed by atoms with Crippen LogP contribution in [0.15, 0.2) is 40.9 Å². The maximum Gasteiger partial charge on any atom is 0.181 e. The second-order valence-electron chi connectivity index (χ2n) is 3.40. The Balaban J connectivity index is 2.15. The molecule has 76 valence electrons. The molecule has 0 radical (unpaired) electrons. The number of hydrogen-bond acceptors (Lipinski definition) is 3. The van der Waals surface area contributed by atoms with Gasteiger partial charge in [-0.05, 0) is 5.56 Å². The van der Waals surface area contributed by atoms with Crippen molar-refractivity contribution in [3.05, 3.63) is 53.4 Å². The van der Waals surface area contributed by atoms with E-state index >= 15 is 0 Å². The Bertz CT molecular complexity index is 459. The lowest BCUT2D eigenvalue weighted by Crippen LogP contribution is -1.90. The van der Waals surface area contributed by atoms with E-state index in [-0.39, 0.29) is 5.78 Å². The molecule has 2 rings (SSSR count). The minimum absolute atomic E-state index is 0.0712. The number of Topliss-reactive ketones (excluding diaryl/α,β-unsaturated/α-hetero) is 1. The van der Waals surface area contributed by atoms with Crippen molar-refractivity contribution in [2.45, 2.75) is 13.3 Å². The van der Waals surface area contributed by atoms with Gasteiger partial charge in [-0.1, -0.05) is 35.5 Å². The van der Waals surface area contributed by atoms with Crippen molar-refractivity contribution >= 4 is 5.78 Å². The number of rotatable bonds is 3. The lowest BCUT2D eigenvalue weighted by atomic mass is 10.1.